The second-order valence-corrected chi connectivity index (χ2v) is 3.49. The van der Waals surface area contributed by atoms with Crippen molar-refractivity contribution in [3.8, 4) is 0 Å². The smallest absolute Gasteiger partial charge is 0.201 e. The van der Waals surface area contributed by atoms with Gasteiger partial charge in [0.05, 0.1) is 12.1 Å². The number of hydrogen-bond donors (Lipinski definition) is 1. The maximum atomic E-state index is 5.53. The summed E-state index contributed by atoms with van der Waals surface area (Å²) in [7, 11) is 0. The first-order valence-electron chi connectivity index (χ1n) is 4.84. The number of aliphatic imine (C=N–C) groups is 1. The van der Waals surface area contributed by atoms with Gasteiger partial charge in [0.1, 0.15) is 6.61 Å². The molecule has 1 saturated heterocycles. The first kappa shape index (κ1) is 8.05. The number of nitrogens with zero attached hydrogens (tertiary/aromatic N) is 1. The third kappa shape index (κ3) is 1.46. The van der Waals surface area contributed by atoms with Crippen LogP contribution in [0.1, 0.15) is 26.2 Å². The highest BCUT2D eigenvalue weighted by Crippen LogP contribution is 2.15. The molecule has 0 aromatic rings. The van der Waals surface area contributed by atoms with E-state index >= 15 is 0 Å². The molecular formula is C9H16N2O. The Morgan fingerprint density at radius 2 is 2.58 bits per heavy atom. The summed E-state index contributed by atoms with van der Waals surface area (Å²) in [6.45, 7) is 4.07. The van der Waals surface area contributed by atoms with Gasteiger partial charge in [0, 0.05) is 0 Å². The molecule has 2 aliphatic heterocycles. The number of hydrogen-bond acceptors (Lipinski definition) is 3. The number of ether oxygens (including phenoxy) is 1. The molecule has 3 heteroatoms. The van der Waals surface area contributed by atoms with Crippen molar-refractivity contribution in [3.05, 3.63) is 0 Å². The summed E-state index contributed by atoms with van der Waals surface area (Å²) in [6.07, 6.45) is 3.54. The molecular weight excluding hydrogens is 152 g/mol. The average Bonchev–Trinajstić information content (AvgIpc) is 2.75. The Labute approximate surface area is 73.2 Å². The van der Waals surface area contributed by atoms with Gasteiger partial charge >= 0.3 is 0 Å². The largest absolute Gasteiger partial charge is 0.478 e. The van der Waals surface area contributed by atoms with Crippen molar-refractivity contribution in [2.75, 3.05) is 13.2 Å². The molecule has 0 spiro atoms. The quantitative estimate of drug-likeness (QED) is 0.666. The Bertz CT molecular complexity index is 185. The molecule has 0 saturated carbocycles. The van der Waals surface area contributed by atoms with Crippen molar-refractivity contribution < 1.29 is 4.74 Å². The molecule has 0 aromatic carbocycles. The van der Waals surface area contributed by atoms with Gasteiger partial charge in [0.15, 0.2) is 0 Å². The molecule has 3 nitrogen and oxygen atoms in total. The van der Waals surface area contributed by atoms with Gasteiger partial charge in [-0.3, -0.25) is 0 Å². The Morgan fingerprint density at radius 1 is 1.67 bits per heavy atom. The molecule has 0 aliphatic carbocycles. The van der Waals surface area contributed by atoms with Crippen molar-refractivity contribution in [1.29, 1.82) is 0 Å². The predicted molar refractivity (Wildman–Crippen MR) is 48.5 cm³/mol. The summed E-state index contributed by atoms with van der Waals surface area (Å²) in [6, 6.07) is 0.837. The van der Waals surface area contributed by atoms with Gasteiger partial charge in [-0.15, -0.1) is 0 Å². The van der Waals surface area contributed by atoms with E-state index in [1.165, 1.54) is 12.8 Å². The highest BCUT2D eigenvalue weighted by molar-refractivity contribution is 5.83. The van der Waals surface area contributed by atoms with Crippen molar-refractivity contribution in [1.82, 2.24) is 5.32 Å². The van der Waals surface area contributed by atoms with Crippen molar-refractivity contribution >= 4 is 5.90 Å². The summed E-state index contributed by atoms with van der Waals surface area (Å²) >= 11 is 0. The van der Waals surface area contributed by atoms with Crippen molar-refractivity contribution in [2.24, 2.45) is 4.99 Å². The second kappa shape index (κ2) is 3.44. The second-order valence-electron chi connectivity index (χ2n) is 3.49. The van der Waals surface area contributed by atoms with Crippen LogP contribution in [0.2, 0.25) is 0 Å². The van der Waals surface area contributed by atoms with Crippen LogP contribution >= 0.6 is 0 Å². The van der Waals surface area contributed by atoms with E-state index in [2.05, 4.69) is 17.2 Å². The van der Waals surface area contributed by atoms with Gasteiger partial charge in [-0.2, -0.15) is 0 Å². The highest BCUT2D eigenvalue weighted by Gasteiger charge is 2.26. The fourth-order valence-corrected chi connectivity index (χ4v) is 1.73. The van der Waals surface area contributed by atoms with Crippen LogP contribution in [0.5, 0.6) is 0 Å². The maximum absolute atomic E-state index is 5.53. The fourth-order valence-electron chi connectivity index (χ4n) is 1.73. The molecule has 0 amide bonds. The Kier molecular flexibility index (Phi) is 2.30. The molecule has 0 radical (unpaired) electrons. The molecule has 2 heterocycles. The van der Waals surface area contributed by atoms with Gasteiger partial charge < -0.3 is 10.1 Å². The number of rotatable bonds is 2. The minimum atomic E-state index is 0.418. The van der Waals surface area contributed by atoms with Crippen molar-refractivity contribution in [3.63, 3.8) is 0 Å². The van der Waals surface area contributed by atoms with E-state index in [4.69, 9.17) is 4.74 Å². The maximum Gasteiger partial charge on any atom is 0.201 e. The lowest BCUT2D eigenvalue weighted by molar-refractivity contribution is 0.301. The Hall–Kier alpha value is -0.570. The minimum absolute atomic E-state index is 0.418. The SMILES string of the molecule is CC[C@H]1COC(C2CCCN2)=N1. The zero-order chi connectivity index (χ0) is 8.39. The average molecular weight is 168 g/mol. The molecule has 1 fully saturated rings. The van der Waals surface area contributed by atoms with Crippen LogP contribution < -0.4 is 5.32 Å². The third-order valence-electron chi connectivity index (χ3n) is 2.56. The minimum Gasteiger partial charge on any atom is -0.478 e. The zero-order valence-electron chi connectivity index (χ0n) is 7.55. The van der Waals surface area contributed by atoms with E-state index < -0.39 is 0 Å². The molecule has 0 aromatic heterocycles. The van der Waals surface area contributed by atoms with E-state index in [9.17, 15) is 0 Å². The molecule has 2 rings (SSSR count). The van der Waals surface area contributed by atoms with E-state index in [1.807, 2.05) is 0 Å². The first-order valence-corrected chi connectivity index (χ1v) is 4.84. The highest BCUT2D eigenvalue weighted by atomic mass is 16.5. The fraction of sp³-hybridized carbons (Fsp3) is 0.889. The summed E-state index contributed by atoms with van der Waals surface area (Å²) in [5.41, 5.74) is 0. The third-order valence-corrected chi connectivity index (χ3v) is 2.56. The molecule has 2 aliphatic rings. The molecule has 2 atom stereocenters. The van der Waals surface area contributed by atoms with Crippen LogP contribution in [0, 0.1) is 0 Å². The summed E-state index contributed by atoms with van der Waals surface area (Å²) in [5.74, 6) is 0.958. The molecule has 1 unspecified atom stereocenters. The van der Waals surface area contributed by atoms with Crippen LogP contribution in [-0.4, -0.2) is 31.1 Å². The van der Waals surface area contributed by atoms with Gasteiger partial charge in [0.25, 0.3) is 0 Å². The van der Waals surface area contributed by atoms with E-state index in [1.54, 1.807) is 0 Å². The molecule has 0 bridgehead atoms. The number of nitrogens with one attached hydrogen (secondary N) is 1. The lowest BCUT2D eigenvalue weighted by Crippen LogP contribution is -2.30. The Morgan fingerprint density at radius 3 is 3.17 bits per heavy atom. The zero-order valence-corrected chi connectivity index (χ0v) is 7.55. The van der Waals surface area contributed by atoms with Crippen molar-refractivity contribution in [2.45, 2.75) is 38.3 Å². The van der Waals surface area contributed by atoms with E-state index in [-0.39, 0.29) is 0 Å². The van der Waals surface area contributed by atoms with Crippen LogP contribution in [0.25, 0.3) is 0 Å². The van der Waals surface area contributed by atoms with Crippen LogP contribution in [0.3, 0.4) is 0 Å². The van der Waals surface area contributed by atoms with E-state index in [0.717, 1.165) is 25.5 Å². The molecule has 68 valence electrons. The standard InChI is InChI=1S/C9H16N2O/c1-2-7-6-12-9(11-7)8-4-3-5-10-8/h7-8,10H,2-6H2,1H3/t7-,8?/m0/s1. The molecule has 1 N–H and O–H groups in total. The van der Waals surface area contributed by atoms with Gasteiger partial charge in [-0.1, -0.05) is 6.92 Å². The van der Waals surface area contributed by atoms with Crippen LogP contribution in [-0.2, 0) is 4.74 Å². The predicted octanol–water partition coefficient (Wildman–Crippen LogP) is 0.946. The topological polar surface area (TPSA) is 33.6 Å². The first-order chi connectivity index (χ1) is 5.90. The normalized spacial score (nSPS) is 34.9. The van der Waals surface area contributed by atoms with Gasteiger partial charge in [-0.25, -0.2) is 4.99 Å². The van der Waals surface area contributed by atoms with Gasteiger partial charge in [-0.05, 0) is 25.8 Å². The van der Waals surface area contributed by atoms with Crippen LogP contribution in [0.4, 0.5) is 0 Å². The Balaban J connectivity index is 1.95. The van der Waals surface area contributed by atoms with Crippen LogP contribution in [0.15, 0.2) is 4.99 Å². The lowest BCUT2D eigenvalue weighted by Gasteiger charge is -2.08. The molecule has 12 heavy (non-hydrogen) atoms. The summed E-state index contributed by atoms with van der Waals surface area (Å²) in [5, 5.41) is 3.39. The summed E-state index contributed by atoms with van der Waals surface area (Å²) in [4.78, 5) is 4.52. The summed E-state index contributed by atoms with van der Waals surface area (Å²) < 4.78 is 5.53. The lowest BCUT2D eigenvalue weighted by atomic mass is 10.2. The van der Waals surface area contributed by atoms with E-state index in [0.29, 0.717) is 12.1 Å². The monoisotopic (exact) mass is 168 g/mol. The van der Waals surface area contributed by atoms with Gasteiger partial charge in [0.2, 0.25) is 5.90 Å².